The molecule has 0 saturated carbocycles. The van der Waals surface area contributed by atoms with Crippen molar-refractivity contribution in [3.05, 3.63) is 63.5 Å². The molecule has 0 unspecified atom stereocenters. The Bertz CT molecular complexity index is 1020. The number of hydrogen-bond donors (Lipinski definition) is 1. The molecular weight excluding hydrogens is 398 g/mol. The van der Waals surface area contributed by atoms with Gasteiger partial charge in [-0.1, -0.05) is 35.0 Å². The van der Waals surface area contributed by atoms with E-state index in [1.807, 2.05) is 18.2 Å². The van der Waals surface area contributed by atoms with Crippen LogP contribution < -0.4 is 10.2 Å². The molecule has 150 valence electrons. The summed E-state index contributed by atoms with van der Waals surface area (Å²) in [6.45, 7) is 3.12. The lowest BCUT2D eigenvalue weighted by Crippen LogP contribution is -2.36. The number of hydrogen-bond acceptors (Lipinski definition) is 8. The lowest BCUT2D eigenvalue weighted by Gasteiger charge is -2.31. The third-order valence-electron chi connectivity index (χ3n) is 4.53. The Kier molecular flexibility index (Phi) is 5.59. The van der Waals surface area contributed by atoms with Crippen LogP contribution in [-0.4, -0.2) is 41.4 Å². The first-order chi connectivity index (χ1) is 14.1. The molecule has 1 fully saturated rings. The van der Waals surface area contributed by atoms with Crippen LogP contribution in [0.3, 0.4) is 0 Å². The normalized spacial score (nSPS) is 14.0. The number of nitrogens with zero attached hydrogens (tertiary/aromatic N) is 4. The van der Waals surface area contributed by atoms with Crippen LogP contribution in [0.25, 0.3) is 11.4 Å². The lowest BCUT2D eigenvalue weighted by molar-refractivity contribution is -0.384. The molecule has 0 aliphatic carbocycles. The molecule has 2 heterocycles. The highest BCUT2D eigenvalue weighted by atomic mass is 35.5. The highest BCUT2D eigenvalue weighted by Gasteiger charge is 2.18. The molecule has 0 amide bonds. The van der Waals surface area contributed by atoms with Gasteiger partial charge in [0.1, 0.15) is 0 Å². The zero-order valence-corrected chi connectivity index (χ0v) is 16.1. The second-order valence-corrected chi connectivity index (χ2v) is 6.82. The Labute approximate surface area is 171 Å². The number of morpholine rings is 1. The Balaban J connectivity index is 1.50. The van der Waals surface area contributed by atoms with E-state index in [1.165, 1.54) is 12.1 Å². The Morgan fingerprint density at radius 2 is 2.00 bits per heavy atom. The van der Waals surface area contributed by atoms with E-state index in [0.717, 1.165) is 24.5 Å². The first-order valence-electron chi connectivity index (χ1n) is 9.04. The van der Waals surface area contributed by atoms with Crippen molar-refractivity contribution in [2.24, 2.45) is 0 Å². The van der Waals surface area contributed by atoms with E-state index in [1.54, 1.807) is 12.1 Å². The molecule has 0 spiro atoms. The van der Waals surface area contributed by atoms with Gasteiger partial charge in [-0.2, -0.15) is 4.98 Å². The first-order valence-corrected chi connectivity index (χ1v) is 9.42. The van der Waals surface area contributed by atoms with E-state index >= 15 is 0 Å². The van der Waals surface area contributed by atoms with Crippen molar-refractivity contribution >= 4 is 28.7 Å². The quantitative estimate of drug-likeness (QED) is 0.479. The van der Waals surface area contributed by atoms with E-state index in [-0.39, 0.29) is 5.69 Å². The maximum absolute atomic E-state index is 10.9. The van der Waals surface area contributed by atoms with Crippen LogP contribution in [0.4, 0.5) is 17.1 Å². The van der Waals surface area contributed by atoms with Gasteiger partial charge in [0.15, 0.2) is 0 Å². The standard InChI is InChI=1S/C19H18ClN5O4/c20-15-5-2-6-16(18(15)24-7-9-28-10-8-24)21-12-17-22-19(23-29-17)13-3-1-4-14(11-13)25(26)27/h1-6,11,21H,7-10,12H2. The molecule has 29 heavy (non-hydrogen) atoms. The molecule has 1 aromatic heterocycles. The van der Waals surface area contributed by atoms with Crippen molar-refractivity contribution in [2.75, 3.05) is 36.5 Å². The maximum atomic E-state index is 10.9. The number of nitro benzene ring substituents is 1. The van der Waals surface area contributed by atoms with Crippen LogP contribution in [0.15, 0.2) is 47.0 Å². The topological polar surface area (TPSA) is 107 Å². The van der Waals surface area contributed by atoms with Gasteiger partial charge in [0.25, 0.3) is 5.69 Å². The number of nitrogens with one attached hydrogen (secondary N) is 1. The van der Waals surface area contributed by atoms with Gasteiger partial charge in [0, 0.05) is 30.8 Å². The number of rotatable bonds is 6. The summed E-state index contributed by atoms with van der Waals surface area (Å²) in [5.41, 5.74) is 2.26. The number of para-hydroxylation sites is 1. The van der Waals surface area contributed by atoms with Crippen LogP contribution in [0.5, 0.6) is 0 Å². The van der Waals surface area contributed by atoms with Crippen molar-refractivity contribution in [3.63, 3.8) is 0 Å². The lowest BCUT2D eigenvalue weighted by atomic mass is 10.2. The molecule has 1 saturated heterocycles. The number of anilines is 2. The zero-order valence-electron chi connectivity index (χ0n) is 15.4. The Hall–Kier alpha value is -3.17. The fourth-order valence-corrected chi connectivity index (χ4v) is 3.43. The second-order valence-electron chi connectivity index (χ2n) is 6.41. The molecule has 3 aromatic rings. The molecule has 9 nitrogen and oxygen atoms in total. The summed E-state index contributed by atoms with van der Waals surface area (Å²) in [5, 5.41) is 18.8. The Morgan fingerprint density at radius 3 is 2.79 bits per heavy atom. The molecule has 0 radical (unpaired) electrons. The molecule has 1 aliphatic rings. The average molecular weight is 416 g/mol. The monoisotopic (exact) mass is 415 g/mol. The van der Waals surface area contributed by atoms with Gasteiger partial charge in [-0.3, -0.25) is 10.1 Å². The molecule has 1 aliphatic heterocycles. The predicted octanol–water partition coefficient (Wildman–Crippen LogP) is 3.75. The van der Waals surface area contributed by atoms with Crippen LogP contribution in [0.2, 0.25) is 5.02 Å². The van der Waals surface area contributed by atoms with Crippen LogP contribution in [-0.2, 0) is 11.3 Å². The van der Waals surface area contributed by atoms with E-state index in [4.69, 9.17) is 20.9 Å². The highest BCUT2D eigenvalue weighted by molar-refractivity contribution is 6.34. The van der Waals surface area contributed by atoms with E-state index in [2.05, 4.69) is 20.4 Å². The van der Waals surface area contributed by atoms with E-state index in [9.17, 15) is 10.1 Å². The second kappa shape index (κ2) is 8.46. The van der Waals surface area contributed by atoms with Crippen LogP contribution >= 0.6 is 11.6 Å². The summed E-state index contributed by atoms with van der Waals surface area (Å²) < 4.78 is 10.7. The molecular formula is C19H18ClN5O4. The third-order valence-corrected chi connectivity index (χ3v) is 4.83. The van der Waals surface area contributed by atoms with Gasteiger partial charge in [-0.25, -0.2) is 0 Å². The minimum atomic E-state index is -0.460. The van der Waals surface area contributed by atoms with Crippen molar-refractivity contribution < 1.29 is 14.2 Å². The number of aromatic nitrogens is 2. The molecule has 1 N–H and O–H groups in total. The SMILES string of the molecule is O=[N+]([O-])c1cccc(-c2noc(CNc3cccc(Cl)c3N3CCOCC3)n2)c1. The summed E-state index contributed by atoms with van der Waals surface area (Å²) in [6, 6.07) is 11.8. The van der Waals surface area contributed by atoms with Gasteiger partial charge >= 0.3 is 0 Å². The summed E-state index contributed by atoms with van der Waals surface area (Å²) in [4.78, 5) is 17.0. The van der Waals surface area contributed by atoms with Gasteiger partial charge in [0.05, 0.1) is 41.1 Å². The average Bonchev–Trinajstić information content (AvgIpc) is 3.22. The van der Waals surface area contributed by atoms with Gasteiger partial charge in [0.2, 0.25) is 11.7 Å². The number of non-ortho nitro benzene ring substituents is 1. The molecule has 0 atom stereocenters. The number of ether oxygens (including phenoxy) is 1. The minimum Gasteiger partial charge on any atom is -0.378 e. The van der Waals surface area contributed by atoms with E-state index in [0.29, 0.717) is 42.1 Å². The minimum absolute atomic E-state index is 0.0268. The van der Waals surface area contributed by atoms with Crippen molar-refractivity contribution in [3.8, 4) is 11.4 Å². The number of halogens is 1. The summed E-state index contributed by atoms with van der Waals surface area (Å²) >= 11 is 6.44. The largest absolute Gasteiger partial charge is 0.378 e. The summed E-state index contributed by atoms with van der Waals surface area (Å²) in [7, 11) is 0. The molecule has 2 aromatic carbocycles. The number of nitro groups is 1. The smallest absolute Gasteiger partial charge is 0.270 e. The predicted molar refractivity (Wildman–Crippen MR) is 108 cm³/mol. The maximum Gasteiger partial charge on any atom is 0.270 e. The van der Waals surface area contributed by atoms with Gasteiger partial charge in [-0.15, -0.1) is 0 Å². The number of benzene rings is 2. The van der Waals surface area contributed by atoms with Crippen molar-refractivity contribution in [1.82, 2.24) is 10.1 Å². The zero-order chi connectivity index (χ0) is 20.2. The van der Waals surface area contributed by atoms with E-state index < -0.39 is 4.92 Å². The highest BCUT2D eigenvalue weighted by Crippen LogP contribution is 2.34. The van der Waals surface area contributed by atoms with Crippen molar-refractivity contribution in [1.29, 1.82) is 0 Å². The fourth-order valence-electron chi connectivity index (χ4n) is 3.14. The van der Waals surface area contributed by atoms with Gasteiger partial charge in [-0.05, 0) is 12.1 Å². The third kappa shape index (κ3) is 4.30. The van der Waals surface area contributed by atoms with Crippen molar-refractivity contribution in [2.45, 2.75) is 6.54 Å². The molecule has 0 bridgehead atoms. The Morgan fingerprint density at radius 1 is 1.21 bits per heavy atom. The summed E-state index contributed by atoms with van der Waals surface area (Å²) in [6.07, 6.45) is 0. The molecule has 4 rings (SSSR count). The fraction of sp³-hybridized carbons (Fsp3) is 0.263. The van der Waals surface area contributed by atoms with Crippen LogP contribution in [0, 0.1) is 10.1 Å². The van der Waals surface area contributed by atoms with Crippen LogP contribution in [0.1, 0.15) is 5.89 Å². The molecule has 10 heteroatoms. The summed E-state index contributed by atoms with van der Waals surface area (Å²) in [5.74, 6) is 0.657. The van der Waals surface area contributed by atoms with Gasteiger partial charge < -0.3 is 19.5 Å². The first kappa shape index (κ1) is 19.2.